The van der Waals surface area contributed by atoms with E-state index in [1.54, 1.807) is 24.3 Å². The van der Waals surface area contributed by atoms with Gasteiger partial charge in [0, 0.05) is 18.7 Å². The third-order valence-corrected chi connectivity index (χ3v) is 6.13. The van der Waals surface area contributed by atoms with Gasteiger partial charge in [-0.15, -0.1) is 0 Å². The van der Waals surface area contributed by atoms with Crippen LogP contribution < -0.4 is 5.32 Å². The third kappa shape index (κ3) is 5.05. The lowest BCUT2D eigenvalue weighted by Crippen LogP contribution is -2.49. The summed E-state index contributed by atoms with van der Waals surface area (Å²) in [6, 6.07) is 27.3. The van der Waals surface area contributed by atoms with E-state index in [1.165, 1.54) is 11.2 Å². The van der Waals surface area contributed by atoms with Gasteiger partial charge in [-0.25, -0.2) is 4.79 Å². The van der Waals surface area contributed by atoms with Gasteiger partial charge in [0.15, 0.2) is 12.4 Å². The fourth-order valence-corrected chi connectivity index (χ4v) is 4.30. The van der Waals surface area contributed by atoms with E-state index in [0.717, 1.165) is 22.3 Å². The number of ether oxygens (including phenoxy) is 1. The standard InChI is InChI=1S/C29H24N2O5/c32-27(30-24-14-12-21(13-15-24)20-7-2-1-3-8-20)19-36-29(34)25-17-22-9-4-5-10-23(22)18-31(25)28(33)26-11-6-16-35-26/h1-16,25H,17-19H2,(H,30,32). The molecule has 0 spiro atoms. The van der Waals surface area contributed by atoms with Crippen molar-refractivity contribution in [1.82, 2.24) is 4.90 Å². The van der Waals surface area contributed by atoms with Gasteiger partial charge < -0.3 is 19.4 Å². The molecule has 0 aliphatic carbocycles. The molecule has 0 saturated heterocycles. The van der Waals surface area contributed by atoms with Crippen LogP contribution in [0.2, 0.25) is 0 Å². The minimum absolute atomic E-state index is 0.142. The predicted molar refractivity (Wildman–Crippen MR) is 134 cm³/mol. The second-order valence-corrected chi connectivity index (χ2v) is 8.50. The van der Waals surface area contributed by atoms with E-state index in [2.05, 4.69) is 5.32 Å². The van der Waals surface area contributed by atoms with E-state index < -0.39 is 30.4 Å². The molecule has 2 amide bonds. The van der Waals surface area contributed by atoms with E-state index in [0.29, 0.717) is 12.1 Å². The molecule has 0 radical (unpaired) electrons. The fraction of sp³-hybridized carbons (Fsp3) is 0.138. The zero-order valence-corrected chi connectivity index (χ0v) is 19.4. The molecule has 5 rings (SSSR count). The Balaban J connectivity index is 1.23. The summed E-state index contributed by atoms with van der Waals surface area (Å²) in [5, 5.41) is 2.74. The van der Waals surface area contributed by atoms with Gasteiger partial charge >= 0.3 is 5.97 Å². The minimum Gasteiger partial charge on any atom is -0.459 e. The lowest BCUT2D eigenvalue weighted by Gasteiger charge is -2.34. The molecule has 1 N–H and O–H groups in total. The Hall–Kier alpha value is -4.65. The summed E-state index contributed by atoms with van der Waals surface area (Å²) in [5.41, 5.74) is 4.62. The van der Waals surface area contributed by atoms with Crippen molar-refractivity contribution >= 4 is 23.5 Å². The van der Waals surface area contributed by atoms with Crippen molar-refractivity contribution in [3.05, 3.63) is 114 Å². The summed E-state index contributed by atoms with van der Waals surface area (Å²) >= 11 is 0. The first-order chi connectivity index (χ1) is 17.6. The highest BCUT2D eigenvalue weighted by Crippen LogP contribution is 2.26. The summed E-state index contributed by atoms with van der Waals surface area (Å²) in [6.07, 6.45) is 1.71. The monoisotopic (exact) mass is 480 g/mol. The molecule has 1 aromatic heterocycles. The van der Waals surface area contributed by atoms with Crippen LogP contribution in [0.1, 0.15) is 21.7 Å². The summed E-state index contributed by atoms with van der Waals surface area (Å²) in [7, 11) is 0. The number of carbonyl (C=O) groups is 3. The largest absolute Gasteiger partial charge is 0.459 e. The quantitative estimate of drug-likeness (QED) is 0.404. The molecule has 180 valence electrons. The van der Waals surface area contributed by atoms with Crippen LogP contribution in [0.15, 0.2) is 102 Å². The van der Waals surface area contributed by atoms with Gasteiger partial charge in [0.2, 0.25) is 0 Å². The first-order valence-corrected chi connectivity index (χ1v) is 11.6. The number of furan rings is 1. The van der Waals surface area contributed by atoms with E-state index >= 15 is 0 Å². The van der Waals surface area contributed by atoms with Crippen molar-refractivity contribution in [1.29, 1.82) is 0 Å². The molecule has 1 unspecified atom stereocenters. The number of fused-ring (bicyclic) bond motifs is 1. The van der Waals surface area contributed by atoms with Crippen LogP contribution >= 0.6 is 0 Å². The molecule has 3 aromatic carbocycles. The molecule has 0 saturated carbocycles. The average Bonchev–Trinajstić information content (AvgIpc) is 3.47. The van der Waals surface area contributed by atoms with E-state index in [9.17, 15) is 14.4 Å². The number of hydrogen-bond acceptors (Lipinski definition) is 5. The lowest BCUT2D eigenvalue weighted by molar-refractivity contribution is -0.152. The number of rotatable bonds is 6. The zero-order chi connectivity index (χ0) is 24.9. The molecular formula is C29H24N2O5. The third-order valence-electron chi connectivity index (χ3n) is 6.13. The van der Waals surface area contributed by atoms with Crippen LogP contribution in [0, 0.1) is 0 Å². The number of carbonyl (C=O) groups excluding carboxylic acids is 3. The molecule has 1 aliphatic heterocycles. The molecule has 0 bridgehead atoms. The van der Waals surface area contributed by atoms with Crippen LogP contribution in [0.25, 0.3) is 11.1 Å². The highest BCUT2D eigenvalue weighted by atomic mass is 16.5. The molecule has 7 heteroatoms. The van der Waals surface area contributed by atoms with Gasteiger partial charge in [0.25, 0.3) is 11.8 Å². The van der Waals surface area contributed by atoms with E-state index in [-0.39, 0.29) is 12.3 Å². The molecule has 4 aromatic rings. The smallest absolute Gasteiger partial charge is 0.329 e. The second-order valence-electron chi connectivity index (χ2n) is 8.50. The Morgan fingerprint density at radius 1 is 0.833 bits per heavy atom. The van der Waals surface area contributed by atoms with Gasteiger partial charge in [-0.1, -0.05) is 66.7 Å². The van der Waals surface area contributed by atoms with Crippen molar-refractivity contribution in [2.45, 2.75) is 19.0 Å². The summed E-state index contributed by atoms with van der Waals surface area (Å²) in [4.78, 5) is 40.0. The normalized spacial score (nSPS) is 14.6. The van der Waals surface area contributed by atoms with Crippen LogP contribution in [0.4, 0.5) is 5.69 Å². The molecular weight excluding hydrogens is 456 g/mol. The van der Waals surface area contributed by atoms with Gasteiger partial charge in [-0.2, -0.15) is 0 Å². The van der Waals surface area contributed by atoms with Gasteiger partial charge in [0.1, 0.15) is 6.04 Å². The molecule has 2 heterocycles. The van der Waals surface area contributed by atoms with Crippen molar-refractivity contribution in [2.75, 3.05) is 11.9 Å². The van der Waals surface area contributed by atoms with Crippen molar-refractivity contribution in [3.63, 3.8) is 0 Å². The first-order valence-electron chi connectivity index (χ1n) is 11.6. The summed E-state index contributed by atoms with van der Waals surface area (Å²) in [6.45, 7) is -0.213. The minimum atomic E-state index is -0.865. The number of nitrogens with zero attached hydrogens (tertiary/aromatic N) is 1. The highest BCUT2D eigenvalue weighted by molar-refractivity contribution is 5.96. The van der Waals surface area contributed by atoms with Gasteiger partial charge in [-0.05, 0) is 46.5 Å². The SMILES string of the molecule is O=C(COC(=O)C1Cc2ccccc2CN1C(=O)c1ccco1)Nc1ccc(-c2ccccc2)cc1. The Morgan fingerprint density at radius 3 is 2.25 bits per heavy atom. The summed E-state index contributed by atoms with van der Waals surface area (Å²) in [5.74, 6) is -1.36. The molecule has 1 atom stereocenters. The van der Waals surface area contributed by atoms with Gasteiger partial charge in [-0.3, -0.25) is 9.59 Å². The number of hydrogen-bond donors (Lipinski definition) is 1. The topological polar surface area (TPSA) is 88.9 Å². The van der Waals surface area contributed by atoms with Gasteiger partial charge in [0.05, 0.1) is 6.26 Å². The van der Waals surface area contributed by atoms with Crippen LogP contribution in [-0.2, 0) is 27.3 Å². The van der Waals surface area contributed by atoms with E-state index in [4.69, 9.17) is 9.15 Å². The summed E-state index contributed by atoms with van der Waals surface area (Å²) < 4.78 is 10.6. The maximum absolute atomic E-state index is 13.0. The Kier molecular flexibility index (Phi) is 6.62. The Morgan fingerprint density at radius 2 is 1.53 bits per heavy atom. The van der Waals surface area contributed by atoms with Crippen LogP contribution in [0.5, 0.6) is 0 Å². The number of benzene rings is 3. The number of nitrogens with one attached hydrogen (secondary N) is 1. The van der Waals surface area contributed by atoms with Crippen LogP contribution in [0.3, 0.4) is 0 Å². The second kappa shape index (κ2) is 10.3. The van der Waals surface area contributed by atoms with Crippen molar-refractivity contribution < 1.29 is 23.5 Å². The maximum Gasteiger partial charge on any atom is 0.329 e. The molecule has 36 heavy (non-hydrogen) atoms. The van der Waals surface area contributed by atoms with Crippen molar-refractivity contribution in [3.8, 4) is 11.1 Å². The Bertz CT molecular complexity index is 1360. The number of esters is 1. The van der Waals surface area contributed by atoms with E-state index in [1.807, 2.05) is 66.7 Å². The maximum atomic E-state index is 13.0. The number of anilines is 1. The lowest BCUT2D eigenvalue weighted by atomic mass is 9.93. The zero-order valence-electron chi connectivity index (χ0n) is 19.4. The van der Waals surface area contributed by atoms with Crippen molar-refractivity contribution in [2.24, 2.45) is 0 Å². The molecule has 1 aliphatic rings. The predicted octanol–water partition coefficient (Wildman–Crippen LogP) is 4.70. The Labute approximate surface area is 208 Å². The number of amides is 2. The highest BCUT2D eigenvalue weighted by Gasteiger charge is 2.37. The fourth-order valence-electron chi connectivity index (χ4n) is 4.30. The molecule has 0 fully saturated rings. The first kappa shape index (κ1) is 23.1. The average molecular weight is 481 g/mol. The molecule has 7 nitrogen and oxygen atoms in total. The van der Waals surface area contributed by atoms with Crippen LogP contribution in [-0.4, -0.2) is 35.3 Å².